The van der Waals surface area contributed by atoms with Gasteiger partial charge in [-0.15, -0.1) is 5.10 Å². The summed E-state index contributed by atoms with van der Waals surface area (Å²) in [5.74, 6) is -0.297. The fraction of sp³-hybridized carbons (Fsp3) is 0.278. The maximum Gasteiger partial charge on any atom is 0.309 e. The minimum atomic E-state index is -0.634. The lowest BCUT2D eigenvalue weighted by atomic mass is 10.3. The molecule has 0 atom stereocenters. The molecule has 3 rings (SSSR count). The zero-order valence-corrected chi connectivity index (χ0v) is 17.2. The third-order valence-electron chi connectivity index (χ3n) is 3.84. The summed E-state index contributed by atoms with van der Waals surface area (Å²) in [6.07, 6.45) is 0.569. The van der Waals surface area contributed by atoms with E-state index in [1.165, 1.54) is 4.52 Å². The molecule has 3 aromatic rings. The molecular weight excluding hydrogens is 419 g/mol. The normalized spacial score (nSPS) is 10.8. The van der Waals surface area contributed by atoms with Crippen LogP contribution in [0.15, 0.2) is 24.3 Å². The molecule has 0 aliphatic rings. The van der Waals surface area contributed by atoms with E-state index in [1.54, 1.807) is 18.2 Å². The molecule has 2 heterocycles. The first-order chi connectivity index (χ1) is 13.8. The smallest absolute Gasteiger partial charge is 0.309 e. The molecule has 2 aromatic heterocycles. The number of aryl methyl sites for hydroxylation is 2. The highest BCUT2D eigenvalue weighted by Crippen LogP contribution is 2.27. The summed E-state index contributed by atoms with van der Waals surface area (Å²) in [5, 5.41) is 5.00. The predicted octanol–water partition coefficient (Wildman–Crippen LogP) is 2.67. The number of aromatic nitrogens is 4. The number of carbonyl (C=O) groups is 2. The Kier molecular flexibility index (Phi) is 6.50. The van der Waals surface area contributed by atoms with Gasteiger partial charge in [-0.25, -0.2) is 9.50 Å². The molecule has 0 aliphatic carbocycles. The zero-order valence-electron chi connectivity index (χ0n) is 15.7. The van der Waals surface area contributed by atoms with Gasteiger partial charge in [0.1, 0.15) is 5.75 Å². The largest absolute Gasteiger partial charge is 0.492 e. The first kappa shape index (κ1) is 20.8. The number of fused-ring (bicyclic) bond motifs is 1. The lowest BCUT2D eigenvalue weighted by Crippen LogP contribution is -2.42. The lowest BCUT2D eigenvalue weighted by Gasteiger charge is -2.08. The Morgan fingerprint density at radius 2 is 1.93 bits per heavy atom. The van der Waals surface area contributed by atoms with Gasteiger partial charge in [-0.2, -0.15) is 4.98 Å². The van der Waals surface area contributed by atoms with Crippen LogP contribution in [0.4, 0.5) is 0 Å². The Bertz CT molecular complexity index is 1070. The van der Waals surface area contributed by atoms with Crippen LogP contribution in [0, 0.1) is 13.8 Å². The molecule has 0 saturated heterocycles. The van der Waals surface area contributed by atoms with E-state index in [1.807, 2.05) is 19.9 Å². The van der Waals surface area contributed by atoms with Crippen molar-refractivity contribution in [2.75, 3.05) is 6.61 Å². The second-order valence-electron chi connectivity index (χ2n) is 6.22. The van der Waals surface area contributed by atoms with Crippen LogP contribution in [0.5, 0.6) is 5.75 Å². The zero-order chi connectivity index (χ0) is 21.0. The van der Waals surface area contributed by atoms with Crippen molar-refractivity contribution >= 4 is 40.8 Å². The van der Waals surface area contributed by atoms with Gasteiger partial charge in [0.2, 0.25) is 11.7 Å². The summed E-state index contributed by atoms with van der Waals surface area (Å²) in [7, 11) is 0. The minimum Gasteiger partial charge on any atom is -0.492 e. The van der Waals surface area contributed by atoms with Crippen molar-refractivity contribution in [2.24, 2.45) is 0 Å². The average Bonchev–Trinajstić information content (AvgIpc) is 3.09. The predicted molar refractivity (Wildman–Crippen MR) is 107 cm³/mol. The van der Waals surface area contributed by atoms with Gasteiger partial charge < -0.3 is 4.74 Å². The number of nitrogens with one attached hydrogen (secondary N) is 2. The second-order valence-corrected chi connectivity index (χ2v) is 7.06. The van der Waals surface area contributed by atoms with Crippen molar-refractivity contribution in [3.63, 3.8) is 0 Å². The Morgan fingerprint density at radius 1 is 1.14 bits per heavy atom. The Morgan fingerprint density at radius 3 is 2.69 bits per heavy atom. The van der Waals surface area contributed by atoms with Gasteiger partial charge in [-0.1, -0.05) is 23.2 Å². The van der Waals surface area contributed by atoms with Gasteiger partial charge in [-0.3, -0.25) is 20.4 Å². The van der Waals surface area contributed by atoms with Crippen LogP contribution in [0.1, 0.15) is 34.8 Å². The third-order valence-corrected chi connectivity index (χ3v) is 4.37. The van der Waals surface area contributed by atoms with Crippen LogP contribution >= 0.6 is 23.2 Å². The molecule has 1 aromatic carbocycles. The number of amides is 2. The summed E-state index contributed by atoms with van der Waals surface area (Å²) < 4.78 is 6.97. The molecule has 0 spiro atoms. The Balaban J connectivity index is 1.44. The van der Waals surface area contributed by atoms with Crippen molar-refractivity contribution in [3.8, 4) is 5.75 Å². The van der Waals surface area contributed by atoms with E-state index in [9.17, 15) is 9.59 Å². The van der Waals surface area contributed by atoms with Gasteiger partial charge in [0.15, 0.2) is 0 Å². The Labute approximate surface area is 176 Å². The highest BCUT2D eigenvalue weighted by molar-refractivity contribution is 6.35. The number of hydrazine groups is 1. The van der Waals surface area contributed by atoms with Gasteiger partial charge in [-0.05, 0) is 44.5 Å². The van der Waals surface area contributed by atoms with Crippen LogP contribution in [-0.4, -0.2) is 38.0 Å². The number of ether oxygens (including phenoxy) is 1. The summed E-state index contributed by atoms with van der Waals surface area (Å²) >= 11 is 11.8. The number of nitrogens with zero attached hydrogens (tertiary/aromatic N) is 4. The van der Waals surface area contributed by atoms with Crippen LogP contribution in [0.25, 0.3) is 5.78 Å². The van der Waals surface area contributed by atoms with E-state index in [0.29, 0.717) is 28.0 Å². The highest BCUT2D eigenvalue weighted by Gasteiger charge is 2.15. The molecule has 0 aliphatic heterocycles. The third kappa shape index (κ3) is 5.33. The van der Waals surface area contributed by atoms with Gasteiger partial charge in [0.25, 0.3) is 5.78 Å². The van der Waals surface area contributed by atoms with Gasteiger partial charge in [0.05, 0.1) is 11.6 Å². The number of halogens is 2. The summed E-state index contributed by atoms with van der Waals surface area (Å²) in [6, 6.07) is 6.72. The molecule has 0 bridgehead atoms. The SMILES string of the molecule is Cc1cc(C)n2nc(C(=O)NNC(=O)CCCOc3ccc(Cl)cc3Cl)nc2n1. The number of hydrogen-bond donors (Lipinski definition) is 2. The number of carbonyl (C=O) groups excluding carboxylic acids is 2. The van der Waals surface area contributed by atoms with Crippen molar-refractivity contribution in [1.29, 1.82) is 0 Å². The molecule has 29 heavy (non-hydrogen) atoms. The highest BCUT2D eigenvalue weighted by atomic mass is 35.5. The topological polar surface area (TPSA) is 111 Å². The van der Waals surface area contributed by atoms with Crippen LogP contribution in [0.2, 0.25) is 10.0 Å². The van der Waals surface area contributed by atoms with Gasteiger partial charge >= 0.3 is 5.91 Å². The summed E-state index contributed by atoms with van der Waals surface area (Å²) in [4.78, 5) is 32.3. The fourth-order valence-corrected chi connectivity index (χ4v) is 2.98. The lowest BCUT2D eigenvalue weighted by molar-refractivity contribution is -0.122. The van der Waals surface area contributed by atoms with E-state index in [4.69, 9.17) is 27.9 Å². The van der Waals surface area contributed by atoms with Crippen LogP contribution in [-0.2, 0) is 4.79 Å². The molecule has 2 amide bonds. The van der Waals surface area contributed by atoms with E-state index < -0.39 is 5.91 Å². The number of rotatable bonds is 6. The Hall–Kier alpha value is -2.91. The maximum absolute atomic E-state index is 12.2. The monoisotopic (exact) mass is 436 g/mol. The molecule has 0 saturated carbocycles. The van der Waals surface area contributed by atoms with Crippen molar-refractivity contribution < 1.29 is 14.3 Å². The molecule has 9 nitrogen and oxygen atoms in total. The fourth-order valence-electron chi connectivity index (χ4n) is 2.51. The van der Waals surface area contributed by atoms with E-state index in [0.717, 1.165) is 11.4 Å². The van der Waals surface area contributed by atoms with E-state index >= 15 is 0 Å². The van der Waals surface area contributed by atoms with E-state index in [2.05, 4.69) is 25.9 Å². The van der Waals surface area contributed by atoms with Crippen LogP contribution in [0.3, 0.4) is 0 Å². The molecule has 0 radical (unpaired) electrons. The molecular formula is C18H18Cl2N6O3. The van der Waals surface area contributed by atoms with Gasteiger partial charge in [0, 0.05) is 22.8 Å². The second kappa shape index (κ2) is 9.06. The van der Waals surface area contributed by atoms with E-state index in [-0.39, 0.29) is 24.8 Å². The van der Waals surface area contributed by atoms with Crippen molar-refractivity contribution in [2.45, 2.75) is 26.7 Å². The first-order valence-corrected chi connectivity index (χ1v) is 9.47. The van der Waals surface area contributed by atoms with Crippen molar-refractivity contribution in [3.05, 3.63) is 51.5 Å². The molecule has 0 fully saturated rings. The first-order valence-electron chi connectivity index (χ1n) is 8.71. The number of hydrogen-bond acceptors (Lipinski definition) is 6. The molecule has 152 valence electrons. The molecule has 11 heteroatoms. The van der Waals surface area contributed by atoms with Crippen molar-refractivity contribution in [1.82, 2.24) is 30.4 Å². The maximum atomic E-state index is 12.2. The number of benzene rings is 1. The molecule has 0 unspecified atom stereocenters. The quantitative estimate of drug-likeness (QED) is 0.453. The summed E-state index contributed by atoms with van der Waals surface area (Å²) in [6.45, 7) is 3.94. The minimum absolute atomic E-state index is 0.0905. The average molecular weight is 437 g/mol. The van der Waals surface area contributed by atoms with Crippen LogP contribution < -0.4 is 15.6 Å². The molecule has 2 N–H and O–H groups in total. The summed E-state index contributed by atoms with van der Waals surface area (Å²) in [5.41, 5.74) is 6.17. The standard InChI is InChI=1S/C18H18Cl2N6O3/c1-10-8-11(2)26-18(21-10)22-16(25-26)17(28)24-23-15(27)4-3-7-29-14-6-5-12(19)9-13(14)20/h5-6,8-9H,3-4,7H2,1-2H3,(H,23,27)(H,24,28).